The van der Waals surface area contributed by atoms with Gasteiger partial charge in [0.15, 0.2) is 16.7 Å². The molecular formula is C24H26BrN3O5S. The number of nitro groups is 1. The van der Waals surface area contributed by atoms with Gasteiger partial charge in [-0.25, -0.2) is 0 Å². The number of carbonyl (C=O) groups excluding carboxylic acids is 1. The summed E-state index contributed by atoms with van der Waals surface area (Å²) >= 11 is 4.88. The molecule has 1 heterocycles. The highest BCUT2D eigenvalue weighted by Crippen LogP contribution is 2.40. The molecule has 0 atom stereocenters. The summed E-state index contributed by atoms with van der Waals surface area (Å²) in [5, 5.41) is 11.7. The smallest absolute Gasteiger partial charge is 0.269 e. The van der Waals surface area contributed by atoms with Crippen LogP contribution in [0.2, 0.25) is 0 Å². The number of thioether (sulfide) groups is 1. The van der Waals surface area contributed by atoms with Crippen LogP contribution in [0, 0.1) is 10.1 Å². The number of amidine groups is 1. The van der Waals surface area contributed by atoms with Crippen molar-refractivity contribution in [3.05, 3.63) is 67.0 Å². The van der Waals surface area contributed by atoms with Crippen LogP contribution in [-0.4, -0.2) is 40.1 Å². The summed E-state index contributed by atoms with van der Waals surface area (Å²) in [5.74, 6) is 0.854. The standard InChI is InChI=1S/C24H26BrN3O5S/c1-14(2)26-24-27(15(3)4)23(29)21(34-24)12-17-10-19(25)22(20(11-17)32-5)33-13-16-7-6-8-18(9-16)28(30)31/h6-12,14-15H,13H2,1-5H3/b21-12+,26-24?. The Labute approximate surface area is 211 Å². The molecule has 1 amide bonds. The Morgan fingerprint density at radius 2 is 1.97 bits per heavy atom. The number of benzene rings is 2. The van der Waals surface area contributed by atoms with Crippen molar-refractivity contribution in [2.45, 2.75) is 46.4 Å². The molecule has 10 heteroatoms. The molecule has 1 fully saturated rings. The number of rotatable bonds is 8. The van der Waals surface area contributed by atoms with Crippen LogP contribution in [0.15, 0.2) is 50.8 Å². The summed E-state index contributed by atoms with van der Waals surface area (Å²) < 4.78 is 12.1. The lowest BCUT2D eigenvalue weighted by molar-refractivity contribution is -0.384. The van der Waals surface area contributed by atoms with E-state index in [2.05, 4.69) is 20.9 Å². The monoisotopic (exact) mass is 547 g/mol. The number of halogens is 1. The van der Waals surface area contributed by atoms with E-state index in [0.717, 1.165) is 5.56 Å². The molecular weight excluding hydrogens is 522 g/mol. The number of carbonyl (C=O) groups is 1. The highest BCUT2D eigenvalue weighted by Gasteiger charge is 2.35. The third kappa shape index (κ3) is 5.98. The number of aliphatic imine (C=N–C) groups is 1. The first-order chi connectivity index (χ1) is 16.1. The summed E-state index contributed by atoms with van der Waals surface area (Å²) in [4.78, 5) is 30.5. The van der Waals surface area contributed by atoms with Crippen molar-refractivity contribution in [2.75, 3.05) is 7.11 Å². The van der Waals surface area contributed by atoms with Crippen molar-refractivity contribution < 1.29 is 19.2 Å². The van der Waals surface area contributed by atoms with Crippen LogP contribution < -0.4 is 9.47 Å². The number of ether oxygens (including phenoxy) is 2. The topological polar surface area (TPSA) is 94.3 Å². The maximum Gasteiger partial charge on any atom is 0.269 e. The summed E-state index contributed by atoms with van der Waals surface area (Å²) in [5.41, 5.74) is 1.42. The zero-order valence-corrected chi connectivity index (χ0v) is 22.0. The number of hydrogen-bond acceptors (Lipinski definition) is 7. The Morgan fingerprint density at radius 1 is 1.24 bits per heavy atom. The second kappa shape index (κ2) is 11.1. The minimum atomic E-state index is -0.442. The van der Waals surface area contributed by atoms with Crippen LogP contribution in [0.4, 0.5) is 5.69 Å². The van der Waals surface area contributed by atoms with Gasteiger partial charge in [0.25, 0.3) is 11.6 Å². The maximum atomic E-state index is 13.0. The number of nitrogens with zero attached hydrogens (tertiary/aromatic N) is 3. The molecule has 1 aliphatic heterocycles. The molecule has 2 aromatic rings. The Kier molecular flexibility index (Phi) is 8.37. The lowest BCUT2D eigenvalue weighted by atomic mass is 10.1. The van der Waals surface area contributed by atoms with Crippen LogP contribution in [0.5, 0.6) is 11.5 Å². The predicted octanol–water partition coefficient (Wildman–Crippen LogP) is 6.03. The highest BCUT2D eigenvalue weighted by atomic mass is 79.9. The van der Waals surface area contributed by atoms with E-state index in [-0.39, 0.29) is 30.3 Å². The van der Waals surface area contributed by atoms with Gasteiger partial charge in [0.05, 0.1) is 21.4 Å². The largest absolute Gasteiger partial charge is 0.493 e. The van der Waals surface area contributed by atoms with Crippen molar-refractivity contribution >= 4 is 50.5 Å². The average Bonchev–Trinajstić information content (AvgIpc) is 3.06. The van der Waals surface area contributed by atoms with E-state index in [1.165, 1.54) is 31.0 Å². The van der Waals surface area contributed by atoms with E-state index in [9.17, 15) is 14.9 Å². The molecule has 0 bridgehead atoms. The first-order valence-electron chi connectivity index (χ1n) is 10.6. The fourth-order valence-corrected chi connectivity index (χ4v) is 5.09. The molecule has 34 heavy (non-hydrogen) atoms. The van der Waals surface area contributed by atoms with Crippen LogP contribution in [0.3, 0.4) is 0 Å². The van der Waals surface area contributed by atoms with E-state index < -0.39 is 4.92 Å². The van der Waals surface area contributed by atoms with Crippen LogP contribution in [-0.2, 0) is 11.4 Å². The lowest BCUT2D eigenvalue weighted by Crippen LogP contribution is -2.35. The fourth-order valence-electron chi connectivity index (χ4n) is 3.28. The second-order valence-electron chi connectivity index (χ2n) is 8.13. The quantitative estimate of drug-likeness (QED) is 0.227. The van der Waals surface area contributed by atoms with Crippen molar-refractivity contribution in [1.82, 2.24) is 4.90 Å². The Balaban J connectivity index is 1.87. The first kappa shape index (κ1) is 25.8. The predicted molar refractivity (Wildman–Crippen MR) is 138 cm³/mol. The minimum absolute atomic E-state index is 0.00338. The number of amides is 1. The number of nitro benzene ring substituents is 1. The first-order valence-corrected chi connectivity index (χ1v) is 12.3. The van der Waals surface area contributed by atoms with Gasteiger partial charge in [0.2, 0.25) is 0 Å². The van der Waals surface area contributed by atoms with Gasteiger partial charge >= 0.3 is 0 Å². The van der Waals surface area contributed by atoms with Gasteiger partial charge in [0.1, 0.15) is 6.61 Å². The fraction of sp³-hybridized carbons (Fsp3) is 0.333. The molecule has 8 nitrogen and oxygen atoms in total. The van der Waals surface area contributed by atoms with Gasteiger partial charge in [-0.2, -0.15) is 0 Å². The lowest BCUT2D eigenvalue weighted by Gasteiger charge is -2.20. The number of non-ortho nitro benzene ring substituents is 1. The van der Waals surface area contributed by atoms with Crippen LogP contribution in [0.25, 0.3) is 6.08 Å². The number of hydrogen-bond donors (Lipinski definition) is 0. The van der Waals surface area contributed by atoms with Gasteiger partial charge in [0, 0.05) is 24.2 Å². The maximum absolute atomic E-state index is 13.0. The molecule has 0 spiro atoms. The molecule has 0 aromatic heterocycles. The average molecular weight is 548 g/mol. The van der Waals surface area contributed by atoms with Crippen LogP contribution in [0.1, 0.15) is 38.8 Å². The SMILES string of the molecule is COc1cc(/C=C2/SC(=NC(C)C)N(C(C)C)C2=O)cc(Br)c1OCc1cccc([N+](=O)[O-])c1. The van der Waals surface area contributed by atoms with Crippen molar-refractivity contribution in [3.8, 4) is 11.5 Å². The van der Waals surface area contributed by atoms with Crippen molar-refractivity contribution in [2.24, 2.45) is 4.99 Å². The Morgan fingerprint density at radius 3 is 2.59 bits per heavy atom. The molecule has 3 rings (SSSR count). The second-order valence-corrected chi connectivity index (χ2v) is 10.00. The van der Waals surface area contributed by atoms with E-state index >= 15 is 0 Å². The van der Waals surface area contributed by atoms with Crippen LogP contribution >= 0.6 is 27.7 Å². The molecule has 1 aliphatic rings. The third-order valence-corrected chi connectivity index (χ3v) is 6.36. The zero-order valence-electron chi connectivity index (χ0n) is 19.6. The summed E-state index contributed by atoms with van der Waals surface area (Å²) in [6.45, 7) is 8.01. The molecule has 0 radical (unpaired) electrons. The number of methoxy groups -OCH3 is 1. The third-order valence-electron chi connectivity index (χ3n) is 4.78. The molecule has 2 aromatic carbocycles. The molecule has 0 N–H and O–H groups in total. The van der Waals surface area contributed by atoms with Gasteiger partial charge in [-0.05, 0) is 84.7 Å². The molecule has 0 aliphatic carbocycles. The van der Waals surface area contributed by atoms with E-state index in [1.807, 2.05) is 39.8 Å². The van der Waals surface area contributed by atoms with Crippen molar-refractivity contribution in [3.63, 3.8) is 0 Å². The van der Waals surface area contributed by atoms with E-state index in [1.54, 1.807) is 23.1 Å². The summed E-state index contributed by atoms with van der Waals surface area (Å²) in [7, 11) is 1.53. The minimum Gasteiger partial charge on any atom is -0.493 e. The Hall–Kier alpha value is -2.85. The van der Waals surface area contributed by atoms with Gasteiger partial charge in [-0.15, -0.1) is 0 Å². The summed E-state index contributed by atoms with van der Waals surface area (Å²) in [6, 6.07) is 9.97. The molecule has 180 valence electrons. The normalized spacial score (nSPS) is 16.2. The van der Waals surface area contributed by atoms with Gasteiger partial charge in [-0.3, -0.25) is 24.8 Å². The van der Waals surface area contributed by atoms with E-state index in [4.69, 9.17) is 9.47 Å². The summed E-state index contributed by atoms with van der Waals surface area (Å²) in [6.07, 6.45) is 1.81. The Bertz CT molecular complexity index is 1160. The molecule has 0 unspecified atom stereocenters. The van der Waals surface area contributed by atoms with Gasteiger partial charge < -0.3 is 9.47 Å². The molecule has 1 saturated heterocycles. The van der Waals surface area contributed by atoms with E-state index in [0.29, 0.717) is 31.6 Å². The highest BCUT2D eigenvalue weighted by molar-refractivity contribution is 9.10. The van der Waals surface area contributed by atoms with Gasteiger partial charge in [-0.1, -0.05) is 12.1 Å². The molecule has 0 saturated carbocycles. The van der Waals surface area contributed by atoms with Crippen molar-refractivity contribution in [1.29, 1.82) is 0 Å². The zero-order chi connectivity index (χ0) is 25.0.